The van der Waals surface area contributed by atoms with Crippen molar-refractivity contribution < 1.29 is 10.2 Å². The minimum atomic E-state index is -0.279. The topological polar surface area (TPSA) is 66.2 Å². The van der Waals surface area contributed by atoms with Crippen molar-refractivity contribution in [3.8, 4) is 0 Å². The van der Waals surface area contributed by atoms with Crippen LogP contribution in [0.25, 0.3) is 0 Å². The maximum absolute atomic E-state index is 11.9. The van der Waals surface area contributed by atoms with Crippen molar-refractivity contribution in [1.29, 1.82) is 0 Å². The van der Waals surface area contributed by atoms with Gasteiger partial charge in [0.1, 0.15) is 0 Å². The predicted octanol–water partition coefficient (Wildman–Crippen LogP) is 8.07. The maximum Gasteiger partial charge on any atom is 0.0628 e. The molecule has 8 aliphatic rings. The van der Waals surface area contributed by atoms with E-state index in [-0.39, 0.29) is 33.9 Å². The molecule has 46 heavy (non-hydrogen) atoms. The van der Waals surface area contributed by atoms with E-state index < -0.39 is 0 Å². The molecule has 0 aromatic carbocycles. The molecule has 9 rings (SSSR count). The Labute approximate surface area is 277 Å². The summed E-state index contributed by atoms with van der Waals surface area (Å²) in [6.45, 7) is 18.1. The first-order chi connectivity index (χ1) is 21.9. The molecule has 8 aliphatic carbocycles. The Kier molecular flexibility index (Phi) is 6.39. The highest BCUT2D eigenvalue weighted by Crippen LogP contribution is 2.65. The molecule has 1 heterocycles. The zero-order valence-electron chi connectivity index (χ0n) is 28.9. The Hall–Kier alpha value is -2.04. The van der Waals surface area contributed by atoms with E-state index in [1.54, 1.807) is 11.1 Å². The quantitative estimate of drug-likeness (QED) is 0.328. The van der Waals surface area contributed by atoms with Gasteiger partial charge in [-0.15, -0.1) is 13.2 Å². The summed E-state index contributed by atoms with van der Waals surface area (Å²) in [5.74, 6) is 2.74. The van der Waals surface area contributed by atoms with E-state index in [9.17, 15) is 10.2 Å². The number of nitrogens with zero attached hydrogens (tertiary/aromatic N) is 2. The Morgan fingerprint density at radius 1 is 0.609 bits per heavy atom. The van der Waals surface area contributed by atoms with Crippen molar-refractivity contribution in [2.75, 3.05) is 0 Å². The van der Waals surface area contributed by atoms with E-state index in [0.717, 1.165) is 51.4 Å². The van der Waals surface area contributed by atoms with Gasteiger partial charge in [-0.2, -0.15) is 0 Å². The summed E-state index contributed by atoms with van der Waals surface area (Å²) < 4.78 is 0. The van der Waals surface area contributed by atoms with Crippen molar-refractivity contribution in [3.63, 3.8) is 0 Å². The zero-order chi connectivity index (χ0) is 32.0. The molecule has 0 spiro atoms. The zero-order valence-corrected chi connectivity index (χ0v) is 28.9. The smallest absolute Gasteiger partial charge is 0.0628 e. The summed E-state index contributed by atoms with van der Waals surface area (Å²) >= 11 is 0. The van der Waals surface area contributed by atoms with E-state index in [0.29, 0.717) is 35.5 Å². The van der Waals surface area contributed by atoms with Crippen LogP contribution in [-0.2, 0) is 25.7 Å². The minimum Gasteiger partial charge on any atom is -0.392 e. The van der Waals surface area contributed by atoms with Gasteiger partial charge in [0.05, 0.1) is 35.0 Å². The lowest BCUT2D eigenvalue weighted by atomic mass is 9.48. The second-order valence-electron chi connectivity index (χ2n) is 18.4. The van der Waals surface area contributed by atoms with Crippen LogP contribution in [0.5, 0.6) is 0 Å². The van der Waals surface area contributed by atoms with Crippen molar-refractivity contribution in [1.82, 2.24) is 9.97 Å². The van der Waals surface area contributed by atoms with Gasteiger partial charge in [0.15, 0.2) is 0 Å². The molecule has 0 aliphatic heterocycles. The third kappa shape index (κ3) is 3.81. The van der Waals surface area contributed by atoms with Gasteiger partial charge in [0.2, 0.25) is 0 Å². The lowest BCUT2D eigenvalue weighted by Crippen LogP contribution is -2.55. The molecule has 0 radical (unpaired) electrons. The standard InChI is InChI=1S/C42H56N2O2/c1-7-39(3)15-13-25-27-11-9-23-17-31-33(21-41(23,5)37(27)35(45)19-29(25)39)43-32-18-24-10-12-28-26-14-16-40(4,8-2)30(26)20-36(46)38(28)42(24,6)22-34(32)44-31/h7-8,23-24,27-28,35-38,45-46H,1-2,9-22H2,3-6H3/t23-,24-,27-,28-,35-,36-,37+,38+,39+,40+,41-,42-/m0/s1. The molecule has 2 saturated carbocycles. The van der Waals surface area contributed by atoms with Gasteiger partial charge in [-0.25, -0.2) is 0 Å². The number of allylic oxidation sites excluding steroid dienone is 4. The number of hydrogen-bond acceptors (Lipinski definition) is 4. The van der Waals surface area contributed by atoms with E-state index in [1.165, 1.54) is 72.4 Å². The minimum absolute atomic E-state index is 0.0596. The van der Waals surface area contributed by atoms with E-state index >= 15 is 0 Å². The van der Waals surface area contributed by atoms with E-state index in [4.69, 9.17) is 9.97 Å². The summed E-state index contributed by atoms with van der Waals surface area (Å²) in [6, 6.07) is 0. The summed E-state index contributed by atoms with van der Waals surface area (Å²) in [7, 11) is 0. The van der Waals surface area contributed by atoms with Gasteiger partial charge >= 0.3 is 0 Å². The van der Waals surface area contributed by atoms with Crippen LogP contribution in [0, 0.1) is 57.2 Å². The first-order valence-corrected chi connectivity index (χ1v) is 18.9. The predicted molar refractivity (Wildman–Crippen MR) is 183 cm³/mol. The van der Waals surface area contributed by atoms with Crippen LogP contribution in [0.4, 0.5) is 0 Å². The fourth-order valence-electron chi connectivity index (χ4n) is 13.8. The molecule has 0 amide bonds. The van der Waals surface area contributed by atoms with E-state index in [2.05, 4.69) is 53.0 Å². The molecular formula is C42H56N2O2. The highest BCUT2D eigenvalue weighted by Gasteiger charge is 2.60. The Balaban J connectivity index is 1.03. The molecule has 2 N–H and O–H groups in total. The van der Waals surface area contributed by atoms with Crippen LogP contribution in [0.15, 0.2) is 47.6 Å². The van der Waals surface area contributed by atoms with Crippen molar-refractivity contribution in [2.45, 2.75) is 130 Å². The highest BCUT2D eigenvalue weighted by molar-refractivity contribution is 5.41. The number of aliphatic hydroxyl groups excluding tert-OH is 2. The van der Waals surface area contributed by atoms with Crippen LogP contribution >= 0.6 is 0 Å². The lowest BCUT2D eigenvalue weighted by Gasteiger charge is -2.58. The largest absolute Gasteiger partial charge is 0.392 e. The molecule has 2 fully saturated rings. The molecule has 12 atom stereocenters. The van der Waals surface area contributed by atoms with Gasteiger partial charge in [-0.1, -0.05) is 62.1 Å². The normalized spacial score (nSPS) is 48.7. The molecule has 0 bridgehead atoms. The van der Waals surface area contributed by atoms with Gasteiger partial charge < -0.3 is 10.2 Å². The number of rotatable bonds is 2. The average Bonchev–Trinajstić information content (AvgIpc) is 3.54. The summed E-state index contributed by atoms with van der Waals surface area (Å²) in [5.41, 5.74) is 11.6. The van der Waals surface area contributed by atoms with Gasteiger partial charge in [-0.3, -0.25) is 9.97 Å². The SMILES string of the molecule is C=C[C@]1(C)CCC2=C1C[C@H](O)[C@H]1[C@H]2CC[C@H]2Cc3nc4c(nc3C[C@@]21C)C[C@@H]1CC[C@H]2C3=C(C[C@H](O)[C@@H]2[C@@]1(C)C4)[C@](C)(C=C)CC3. The third-order valence-corrected chi connectivity index (χ3v) is 16.5. The van der Waals surface area contributed by atoms with Crippen molar-refractivity contribution in [3.05, 3.63) is 70.4 Å². The second-order valence-corrected chi connectivity index (χ2v) is 18.4. The van der Waals surface area contributed by atoms with Crippen LogP contribution in [0.2, 0.25) is 0 Å². The lowest BCUT2D eigenvalue weighted by molar-refractivity contribution is -0.0824. The van der Waals surface area contributed by atoms with Crippen molar-refractivity contribution >= 4 is 0 Å². The van der Waals surface area contributed by atoms with Gasteiger partial charge in [0, 0.05) is 10.8 Å². The Bertz CT molecular complexity index is 1490. The molecule has 246 valence electrons. The summed E-state index contributed by atoms with van der Waals surface area (Å²) in [4.78, 5) is 11.1. The first-order valence-electron chi connectivity index (χ1n) is 18.9. The highest BCUT2D eigenvalue weighted by atomic mass is 16.3. The average molecular weight is 621 g/mol. The fraction of sp³-hybridized carbons (Fsp3) is 0.714. The second kappa shape index (κ2) is 9.78. The monoisotopic (exact) mass is 620 g/mol. The molecular weight excluding hydrogens is 564 g/mol. The van der Waals surface area contributed by atoms with Crippen LogP contribution in [-0.4, -0.2) is 32.4 Å². The fourth-order valence-corrected chi connectivity index (χ4v) is 13.8. The molecule has 4 nitrogen and oxygen atoms in total. The number of hydrogen-bond donors (Lipinski definition) is 2. The molecule has 0 saturated heterocycles. The van der Waals surface area contributed by atoms with Crippen molar-refractivity contribution in [2.24, 2.45) is 57.2 Å². The number of fused-ring (bicyclic) bond motifs is 10. The third-order valence-electron chi connectivity index (χ3n) is 16.5. The molecule has 1 aromatic rings. The molecule has 0 unspecified atom stereocenters. The summed E-state index contributed by atoms with van der Waals surface area (Å²) in [5, 5.41) is 23.7. The van der Waals surface area contributed by atoms with E-state index in [1.807, 2.05) is 0 Å². The summed E-state index contributed by atoms with van der Waals surface area (Å²) in [6.07, 6.45) is 18.8. The molecule has 1 aromatic heterocycles. The number of aliphatic hydroxyl groups is 2. The first kappa shape index (κ1) is 30.1. The maximum atomic E-state index is 11.9. The molecule has 4 heteroatoms. The van der Waals surface area contributed by atoms with Crippen LogP contribution in [0.1, 0.15) is 115 Å². The van der Waals surface area contributed by atoms with Gasteiger partial charge in [-0.05, 0) is 136 Å². The van der Waals surface area contributed by atoms with Crippen LogP contribution < -0.4 is 0 Å². The Morgan fingerprint density at radius 2 is 1.02 bits per heavy atom. The van der Waals surface area contributed by atoms with Gasteiger partial charge in [0.25, 0.3) is 0 Å². The van der Waals surface area contributed by atoms with Crippen LogP contribution in [0.3, 0.4) is 0 Å². The number of aromatic nitrogens is 2. The Morgan fingerprint density at radius 3 is 1.41 bits per heavy atom.